The van der Waals surface area contributed by atoms with Gasteiger partial charge in [0.25, 0.3) is 0 Å². The molecule has 2 aromatic rings. The lowest BCUT2D eigenvalue weighted by Gasteiger charge is -2.08. The standard InChI is InChI=1S/C10H9ClN2O/c1-6(14)9-7-4-2-3-5-8(7)12-13-10(9)11/h2-6,14H,1H3. The minimum absolute atomic E-state index is 0.263. The van der Waals surface area contributed by atoms with Crippen molar-refractivity contribution in [3.05, 3.63) is 35.0 Å². The SMILES string of the molecule is CC(O)c1c(Cl)nnc2ccccc12. The number of benzene rings is 1. The van der Waals surface area contributed by atoms with Crippen LogP contribution in [0.25, 0.3) is 10.9 Å². The molecule has 0 aliphatic rings. The van der Waals surface area contributed by atoms with Crippen molar-refractivity contribution in [2.24, 2.45) is 0 Å². The van der Waals surface area contributed by atoms with E-state index in [1.54, 1.807) is 6.92 Å². The highest BCUT2D eigenvalue weighted by molar-refractivity contribution is 6.31. The first-order chi connectivity index (χ1) is 6.70. The highest BCUT2D eigenvalue weighted by atomic mass is 35.5. The van der Waals surface area contributed by atoms with Gasteiger partial charge in [0, 0.05) is 10.9 Å². The Morgan fingerprint density at radius 2 is 2.00 bits per heavy atom. The molecule has 4 heteroatoms. The van der Waals surface area contributed by atoms with Gasteiger partial charge in [0.05, 0.1) is 11.6 Å². The van der Waals surface area contributed by atoms with Crippen molar-refractivity contribution in [1.82, 2.24) is 10.2 Å². The van der Waals surface area contributed by atoms with E-state index in [1.807, 2.05) is 24.3 Å². The fourth-order valence-corrected chi connectivity index (χ4v) is 1.75. The summed E-state index contributed by atoms with van der Waals surface area (Å²) in [7, 11) is 0. The van der Waals surface area contributed by atoms with E-state index >= 15 is 0 Å². The van der Waals surface area contributed by atoms with E-state index in [1.165, 1.54) is 0 Å². The molecule has 3 nitrogen and oxygen atoms in total. The number of fused-ring (bicyclic) bond motifs is 1. The normalized spacial score (nSPS) is 13.1. The van der Waals surface area contributed by atoms with Crippen LogP contribution in [-0.4, -0.2) is 15.3 Å². The van der Waals surface area contributed by atoms with Gasteiger partial charge in [-0.3, -0.25) is 0 Å². The van der Waals surface area contributed by atoms with E-state index in [0.717, 1.165) is 10.9 Å². The van der Waals surface area contributed by atoms with Gasteiger partial charge in [0.1, 0.15) is 0 Å². The first-order valence-electron chi connectivity index (χ1n) is 4.29. The molecule has 72 valence electrons. The molecule has 1 N–H and O–H groups in total. The van der Waals surface area contributed by atoms with E-state index in [4.69, 9.17) is 11.6 Å². The molecule has 1 heterocycles. The van der Waals surface area contributed by atoms with Crippen LogP contribution in [0.2, 0.25) is 5.15 Å². The Morgan fingerprint density at radius 3 is 2.71 bits per heavy atom. The van der Waals surface area contributed by atoms with Crippen molar-refractivity contribution in [2.45, 2.75) is 13.0 Å². The predicted molar refractivity (Wildman–Crippen MR) is 55.2 cm³/mol. The van der Waals surface area contributed by atoms with E-state index in [2.05, 4.69) is 10.2 Å². The highest BCUT2D eigenvalue weighted by Gasteiger charge is 2.12. The Kier molecular flexibility index (Phi) is 2.35. The number of hydrogen-bond donors (Lipinski definition) is 1. The average Bonchev–Trinajstić information content (AvgIpc) is 2.17. The number of hydrogen-bond acceptors (Lipinski definition) is 3. The zero-order chi connectivity index (χ0) is 10.1. The van der Waals surface area contributed by atoms with Crippen LogP contribution in [0.15, 0.2) is 24.3 Å². The van der Waals surface area contributed by atoms with Gasteiger partial charge in [-0.15, -0.1) is 10.2 Å². The number of halogens is 1. The molecular formula is C10H9ClN2O. The number of nitrogens with zero attached hydrogens (tertiary/aromatic N) is 2. The summed E-state index contributed by atoms with van der Waals surface area (Å²) >= 11 is 5.86. The molecule has 0 saturated heterocycles. The zero-order valence-electron chi connectivity index (χ0n) is 7.61. The van der Waals surface area contributed by atoms with Crippen LogP contribution in [0.5, 0.6) is 0 Å². The molecule has 0 amide bonds. The second-order valence-corrected chi connectivity index (χ2v) is 3.46. The lowest BCUT2D eigenvalue weighted by molar-refractivity contribution is 0.200. The minimum Gasteiger partial charge on any atom is -0.389 e. The van der Waals surface area contributed by atoms with Crippen LogP contribution in [0.4, 0.5) is 0 Å². The maximum absolute atomic E-state index is 9.55. The number of rotatable bonds is 1. The largest absolute Gasteiger partial charge is 0.389 e. The summed E-state index contributed by atoms with van der Waals surface area (Å²) in [6, 6.07) is 7.46. The van der Waals surface area contributed by atoms with E-state index in [-0.39, 0.29) is 5.15 Å². The molecule has 14 heavy (non-hydrogen) atoms. The van der Waals surface area contributed by atoms with Crippen molar-refractivity contribution in [2.75, 3.05) is 0 Å². The van der Waals surface area contributed by atoms with Crippen LogP contribution < -0.4 is 0 Å². The fourth-order valence-electron chi connectivity index (χ4n) is 1.45. The van der Waals surface area contributed by atoms with Gasteiger partial charge in [0.15, 0.2) is 5.15 Å². The number of aliphatic hydroxyl groups is 1. The molecule has 0 fully saturated rings. The summed E-state index contributed by atoms with van der Waals surface area (Å²) in [5.41, 5.74) is 1.38. The monoisotopic (exact) mass is 208 g/mol. The third-order valence-electron chi connectivity index (χ3n) is 2.08. The fraction of sp³-hybridized carbons (Fsp3) is 0.200. The summed E-state index contributed by atoms with van der Waals surface area (Å²) in [6.45, 7) is 1.66. The van der Waals surface area contributed by atoms with Crippen LogP contribution >= 0.6 is 11.6 Å². The van der Waals surface area contributed by atoms with Crippen molar-refractivity contribution in [3.8, 4) is 0 Å². The molecule has 0 saturated carbocycles. The maximum Gasteiger partial charge on any atom is 0.158 e. The van der Waals surface area contributed by atoms with Gasteiger partial charge in [0.2, 0.25) is 0 Å². The first-order valence-corrected chi connectivity index (χ1v) is 4.67. The Balaban J connectivity index is 2.83. The Morgan fingerprint density at radius 1 is 1.29 bits per heavy atom. The Hall–Kier alpha value is -1.19. The molecule has 0 spiro atoms. The predicted octanol–water partition coefficient (Wildman–Crippen LogP) is 2.34. The van der Waals surface area contributed by atoms with E-state index in [9.17, 15) is 5.11 Å². The summed E-state index contributed by atoms with van der Waals surface area (Å²) in [6.07, 6.45) is -0.636. The molecule has 0 aliphatic heterocycles. The molecule has 1 unspecified atom stereocenters. The summed E-state index contributed by atoms with van der Waals surface area (Å²) in [5, 5.41) is 18.4. The number of aliphatic hydroxyl groups excluding tert-OH is 1. The highest BCUT2D eigenvalue weighted by Crippen LogP contribution is 2.27. The van der Waals surface area contributed by atoms with Crippen LogP contribution in [0.1, 0.15) is 18.6 Å². The average molecular weight is 209 g/mol. The number of aromatic nitrogens is 2. The summed E-state index contributed by atoms with van der Waals surface area (Å²) in [5.74, 6) is 0. The van der Waals surface area contributed by atoms with Crippen LogP contribution in [0.3, 0.4) is 0 Å². The van der Waals surface area contributed by atoms with Gasteiger partial charge < -0.3 is 5.11 Å². The van der Waals surface area contributed by atoms with Crippen molar-refractivity contribution in [1.29, 1.82) is 0 Å². The summed E-state index contributed by atoms with van der Waals surface area (Å²) < 4.78 is 0. The van der Waals surface area contributed by atoms with E-state index < -0.39 is 6.10 Å². The molecular weight excluding hydrogens is 200 g/mol. The third kappa shape index (κ3) is 1.45. The second-order valence-electron chi connectivity index (χ2n) is 3.10. The Labute approximate surface area is 86.3 Å². The van der Waals surface area contributed by atoms with Crippen molar-refractivity contribution < 1.29 is 5.11 Å². The van der Waals surface area contributed by atoms with Crippen LogP contribution in [-0.2, 0) is 0 Å². The molecule has 0 bridgehead atoms. The zero-order valence-corrected chi connectivity index (χ0v) is 8.36. The molecule has 1 aromatic carbocycles. The van der Waals surface area contributed by atoms with Gasteiger partial charge in [-0.25, -0.2) is 0 Å². The van der Waals surface area contributed by atoms with Gasteiger partial charge in [-0.05, 0) is 13.0 Å². The quantitative estimate of drug-likeness (QED) is 0.783. The van der Waals surface area contributed by atoms with Crippen molar-refractivity contribution >= 4 is 22.5 Å². The van der Waals surface area contributed by atoms with Crippen molar-refractivity contribution in [3.63, 3.8) is 0 Å². The molecule has 0 radical (unpaired) electrons. The van der Waals surface area contributed by atoms with Gasteiger partial charge >= 0.3 is 0 Å². The Bertz CT molecular complexity index is 471. The second kappa shape index (κ2) is 3.52. The smallest absolute Gasteiger partial charge is 0.158 e. The minimum atomic E-state index is -0.636. The van der Waals surface area contributed by atoms with Gasteiger partial charge in [-0.2, -0.15) is 0 Å². The molecule has 0 aliphatic carbocycles. The molecule has 1 atom stereocenters. The lowest BCUT2D eigenvalue weighted by Crippen LogP contribution is -1.98. The molecule has 2 rings (SSSR count). The van der Waals surface area contributed by atoms with Crippen LogP contribution in [0, 0.1) is 0 Å². The maximum atomic E-state index is 9.55. The molecule has 1 aromatic heterocycles. The summed E-state index contributed by atoms with van der Waals surface area (Å²) in [4.78, 5) is 0. The van der Waals surface area contributed by atoms with Gasteiger partial charge in [-0.1, -0.05) is 29.8 Å². The topological polar surface area (TPSA) is 46.0 Å². The lowest BCUT2D eigenvalue weighted by atomic mass is 10.1. The third-order valence-corrected chi connectivity index (χ3v) is 2.36. The first kappa shape index (κ1) is 9.37. The van der Waals surface area contributed by atoms with E-state index in [0.29, 0.717) is 5.56 Å².